The number of halogens is 2. The molecule has 5 heterocycles. The molecule has 0 bridgehead atoms. The molecule has 5 N–H and O–H groups in total. The molecule has 3 fully saturated rings. The minimum absolute atomic E-state index is 0.00988. The molecule has 5 aliphatic rings. The molecule has 0 aliphatic carbocycles. The number of fused-ring (bicyclic) bond motifs is 2. The number of anilines is 2. The molecule has 3 saturated heterocycles. The lowest BCUT2D eigenvalue weighted by Crippen LogP contribution is -2.64. The number of hydrogen-bond donors (Lipinski definition) is 5. The number of nitrogens with zero attached hydrogens (tertiary/aromatic N) is 6. The molecule has 0 aromatic heterocycles. The van der Waals surface area contributed by atoms with Crippen molar-refractivity contribution in [2.75, 3.05) is 96.0 Å². The average Bonchev–Trinajstić information content (AvgIpc) is 1.70. The van der Waals surface area contributed by atoms with Crippen molar-refractivity contribution < 1.29 is 66.5 Å². The molecular formula is C65H82F2N10O12. The van der Waals surface area contributed by atoms with Crippen LogP contribution >= 0.6 is 0 Å². The topological polar surface area (TPSA) is 252 Å². The summed E-state index contributed by atoms with van der Waals surface area (Å²) in [6.45, 7) is 15.4. The van der Waals surface area contributed by atoms with Crippen molar-refractivity contribution in [3.63, 3.8) is 0 Å². The van der Waals surface area contributed by atoms with Crippen molar-refractivity contribution in [2.45, 2.75) is 122 Å². The summed E-state index contributed by atoms with van der Waals surface area (Å²) in [5.41, 5.74) is 1.46. The summed E-state index contributed by atoms with van der Waals surface area (Å²) in [4.78, 5) is 122. The van der Waals surface area contributed by atoms with Crippen LogP contribution in [0.3, 0.4) is 0 Å². The standard InChI is InChI=1S/C65H82F2N10O12/c1-39-32-74(48(35-75(39)62(84)85)34-73-25-28-88-37-40(73)2)36-54(78)77-38-65(7,50-19-15-43(30-53(50)77)29-42-13-17-47(66)18-14-42)61(83)69-24-23-68-58(80)45-16-20-51(67)52(31-45)70-59(81)56-49-12-10-9-11-46(49)33-76(56)60(82)55(44-21-26-87-27-22-44)71-57(79)41(3)72(8)63(86)89-64(4,5)6/h9-20,30-31,39-41,44,48,55-56H,21-29,32-38H2,1-8H3,(H,68,80)(H,69,83)(H,70,81)(H,71,79)(H,84,85)/t39?,40?,41?,48?,55?,56-,65?/m0/s1. The van der Waals surface area contributed by atoms with Gasteiger partial charge in [-0.05, 0) is 138 Å². The van der Waals surface area contributed by atoms with E-state index in [1.165, 1.54) is 48.0 Å². The highest BCUT2D eigenvalue weighted by atomic mass is 19.1. The number of rotatable bonds is 18. The largest absolute Gasteiger partial charge is 0.465 e. The lowest BCUT2D eigenvalue weighted by Gasteiger charge is -2.47. The Labute approximate surface area is 517 Å². The molecule has 4 aromatic rings. The van der Waals surface area contributed by atoms with Gasteiger partial charge in [-0.25, -0.2) is 18.4 Å². The van der Waals surface area contributed by atoms with Crippen LogP contribution in [0.15, 0.2) is 84.9 Å². The Hall–Kier alpha value is -8.06. The third kappa shape index (κ3) is 15.2. The summed E-state index contributed by atoms with van der Waals surface area (Å²) in [7, 11) is 1.42. The van der Waals surface area contributed by atoms with Gasteiger partial charge in [-0.3, -0.25) is 43.5 Å². The summed E-state index contributed by atoms with van der Waals surface area (Å²) in [6.07, 6.45) is -0.505. The first-order chi connectivity index (χ1) is 42.3. The van der Waals surface area contributed by atoms with E-state index in [1.807, 2.05) is 30.0 Å². The molecule has 9 rings (SSSR count). The Morgan fingerprint density at radius 3 is 2.25 bits per heavy atom. The second kappa shape index (κ2) is 27.8. The van der Waals surface area contributed by atoms with Gasteiger partial charge in [0.15, 0.2) is 0 Å². The van der Waals surface area contributed by atoms with E-state index in [9.17, 15) is 47.9 Å². The Bertz CT molecular complexity index is 3310. The predicted octanol–water partition coefficient (Wildman–Crippen LogP) is 5.67. The maximum atomic E-state index is 15.8. The number of amides is 8. The molecular weight excluding hydrogens is 1150 g/mol. The summed E-state index contributed by atoms with van der Waals surface area (Å²) < 4.78 is 46.4. The van der Waals surface area contributed by atoms with E-state index in [0.717, 1.165) is 22.1 Å². The number of likely N-dealkylation sites (N-methyl/N-ethyl adjacent to an activating group) is 1. The molecule has 0 spiro atoms. The van der Waals surface area contributed by atoms with Crippen LogP contribution in [-0.4, -0.2) is 199 Å². The number of ether oxygens (including phenoxy) is 3. The van der Waals surface area contributed by atoms with Crippen LogP contribution in [0.1, 0.15) is 106 Å². The van der Waals surface area contributed by atoms with E-state index < -0.39 is 88.6 Å². The van der Waals surface area contributed by atoms with E-state index in [1.54, 1.807) is 69.0 Å². The summed E-state index contributed by atoms with van der Waals surface area (Å²) >= 11 is 0. The molecule has 22 nitrogen and oxygen atoms in total. The van der Waals surface area contributed by atoms with Crippen molar-refractivity contribution in [1.82, 2.24) is 40.4 Å². The minimum atomic E-state index is -1.28. The number of carbonyl (C=O) groups is 8. The Morgan fingerprint density at radius 2 is 1.54 bits per heavy atom. The van der Waals surface area contributed by atoms with E-state index in [4.69, 9.17) is 14.2 Å². The fraction of sp³-hybridized carbons (Fsp3) is 0.508. The predicted molar refractivity (Wildman–Crippen MR) is 326 cm³/mol. The van der Waals surface area contributed by atoms with Crippen LogP contribution < -0.4 is 26.2 Å². The van der Waals surface area contributed by atoms with Gasteiger partial charge in [0.2, 0.25) is 23.6 Å². The molecule has 7 atom stereocenters. The zero-order chi connectivity index (χ0) is 64.1. The van der Waals surface area contributed by atoms with Gasteiger partial charge in [0.25, 0.3) is 11.8 Å². The molecule has 478 valence electrons. The van der Waals surface area contributed by atoms with E-state index >= 15 is 4.39 Å². The quantitative estimate of drug-likeness (QED) is 0.0754. The molecule has 0 radical (unpaired) electrons. The molecule has 8 amide bonds. The number of carbonyl (C=O) groups excluding carboxylic acids is 7. The Balaban J connectivity index is 0.868. The third-order valence-corrected chi connectivity index (χ3v) is 17.7. The van der Waals surface area contributed by atoms with Gasteiger partial charge in [-0.2, -0.15) is 0 Å². The van der Waals surface area contributed by atoms with Gasteiger partial charge < -0.3 is 55.3 Å². The maximum Gasteiger partial charge on any atom is 0.410 e. The summed E-state index contributed by atoms with van der Waals surface area (Å²) in [6, 6.07) is 18.0. The Morgan fingerprint density at radius 1 is 0.831 bits per heavy atom. The number of hydrogen-bond acceptors (Lipinski definition) is 13. The summed E-state index contributed by atoms with van der Waals surface area (Å²) in [5.74, 6) is -4.95. The number of piperazine rings is 1. The second-order valence-corrected chi connectivity index (χ2v) is 25.2. The zero-order valence-electron chi connectivity index (χ0n) is 51.8. The molecule has 4 aromatic carbocycles. The highest BCUT2D eigenvalue weighted by Gasteiger charge is 2.49. The van der Waals surface area contributed by atoms with Gasteiger partial charge in [0.05, 0.1) is 30.9 Å². The van der Waals surface area contributed by atoms with Crippen LogP contribution in [0.2, 0.25) is 0 Å². The van der Waals surface area contributed by atoms with Crippen LogP contribution in [0, 0.1) is 17.6 Å². The van der Waals surface area contributed by atoms with Gasteiger partial charge in [0.1, 0.15) is 35.4 Å². The number of nitrogens with one attached hydrogen (secondary N) is 4. The normalized spacial score (nSPS) is 22.1. The van der Waals surface area contributed by atoms with Crippen LogP contribution in [0.25, 0.3) is 0 Å². The first kappa shape index (κ1) is 65.4. The fourth-order valence-electron chi connectivity index (χ4n) is 12.5. The van der Waals surface area contributed by atoms with Crippen LogP contribution in [0.4, 0.5) is 29.7 Å². The number of carboxylic acid groups (broad SMARTS) is 1. The SMILES string of the molecule is CC1COCCN1CC1CN(C(=O)O)C(C)CN1CC(=O)N1CC(C)(C(=O)NCCNC(=O)c2ccc(F)c(NC(=O)[C@@H]3c4ccccc4CN3C(=O)C(NC(=O)C(C)N(C)C(=O)OC(C)(C)C)C3CCOCC3)c2)c2ccc(Cc3ccc(F)cc3)cc21. The monoisotopic (exact) mass is 1230 g/mol. The van der Waals surface area contributed by atoms with Gasteiger partial charge in [-0.1, -0.05) is 48.5 Å². The van der Waals surface area contributed by atoms with E-state index in [0.29, 0.717) is 87.7 Å². The van der Waals surface area contributed by atoms with Crippen LogP contribution in [0.5, 0.6) is 0 Å². The van der Waals surface area contributed by atoms with Gasteiger partial charge in [0, 0.05) is 102 Å². The van der Waals surface area contributed by atoms with Gasteiger partial charge >= 0.3 is 12.2 Å². The highest BCUT2D eigenvalue weighted by molar-refractivity contribution is 6.04. The van der Waals surface area contributed by atoms with Gasteiger partial charge in [-0.15, -0.1) is 0 Å². The smallest absolute Gasteiger partial charge is 0.410 e. The Kier molecular flexibility index (Phi) is 20.4. The summed E-state index contributed by atoms with van der Waals surface area (Å²) in [5, 5.41) is 21.3. The van der Waals surface area contributed by atoms with Crippen molar-refractivity contribution >= 4 is 59.0 Å². The van der Waals surface area contributed by atoms with Crippen LogP contribution in [-0.2, 0) is 56.6 Å². The molecule has 5 aliphatic heterocycles. The van der Waals surface area contributed by atoms with E-state index in [-0.39, 0.29) is 74.3 Å². The van der Waals surface area contributed by atoms with Crippen molar-refractivity contribution in [3.8, 4) is 0 Å². The highest BCUT2D eigenvalue weighted by Crippen LogP contribution is 2.43. The van der Waals surface area contributed by atoms with Crippen molar-refractivity contribution in [1.29, 1.82) is 0 Å². The lowest BCUT2D eigenvalue weighted by molar-refractivity contribution is -0.144. The lowest BCUT2D eigenvalue weighted by atomic mass is 9.83. The zero-order valence-corrected chi connectivity index (χ0v) is 51.8. The third-order valence-electron chi connectivity index (χ3n) is 17.7. The number of benzene rings is 4. The molecule has 0 saturated carbocycles. The van der Waals surface area contributed by atoms with Crippen molar-refractivity contribution in [2.24, 2.45) is 5.92 Å². The average molecular weight is 1230 g/mol. The molecule has 6 unspecified atom stereocenters. The number of morpholine rings is 1. The first-order valence-electron chi connectivity index (χ1n) is 30.4. The maximum absolute atomic E-state index is 15.8. The minimum Gasteiger partial charge on any atom is -0.465 e. The molecule has 24 heteroatoms. The first-order valence-corrected chi connectivity index (χ1v) is 30.4. The molecule has 89 heavy (non-hydrogen) atoms. The second-order valence-electron chi connectivity index (χ2n) is 25.2. The fourth-order valence-corrected chi connectivity index (χ4v) is 12.5. The van der Waals surface area contributed by atoms with E-state index in [2.05, 4.69) is 33.1 Å². The van der Waals surface area contributed by atoms with Crippen molar-refractivity contribution in [3.05, 3.63) is 130 Å².